The van der Waals surface area contributed by atoms with E-state index < -0.39 is 11.9 Å². The molecule has 1 saturated carbocycles. The molecule has 7 heteroatoms. The maximum atomic E-state index is 12.4. The number of phenols is 1. The highest BCUT2D eigenvalue weighted by Gasteiger charge is 2.38. The van der Waals surface area contributed by atoms with Crippen LogP contribution < -0.4 is 4.74 Å². The lowest BCUT2D eigenvalue weighted by Crippen LogP contribution is -2.26. The Bertz CT molecular complexity index is 837. The Labute approximate surface area is 157 Å². The van der Waals surface area contributed by atoms with E-state index >= 15 is 0 Å². The molecule has 0 aromatic heterocycles. The van der Waals surface area contributed by atoms with E-state index in [9.17, 15) is 14.7 Å². The van der Waals surface area contributed by atoms with Crippen LogP contribution in [0.1, 0.15) is 30.0 Å². The predicted molar refractivity (Wildman–Crippen MR) is 98.0 cm³/mol. The van der Waals surface area contributed by atoms with Gasteiger partial charge in [-0.05, 0) is 48.1 Å². The van der Waals surface area contributed by atoms with Crippen molar-refractivity contribution in [2.45, 2.75) is 18.9 Å². The van der Waals surface area contributed by atoms with Crippen LogP contribution in [0.25, 0.3) is 6.08 Å². The quantitative estimate of drug-likeness (QED) is 0.811. The molecule has 3 rings (SSSR count). The number of nitrogens with zero attached hydrogens (tertiary/aromatic N) is 1. The number of hydrogen-bond donors (Lipinski definition) is 1. The van der Waals surface area contributed by atoms with Gasteiger partial charge in [0.25, 0.3) is 0 Å². The third-order valence-electron chi connectivity index (χ3n) is 4.94. The van der Waals surface area contributed by atoms with Crippen molar-refractivity contribution < 1.29 is 28.9 Å². The zero-order valence-electron chi connectivity index (χ0n) is 15.8. The molecular weight excluding hydrogens is 350 g/mol. The smallest absolute Gasteiger partial charge is 0.340 e. The van der Waals surface area contributed by atoms with Crippen LogP contribution in [0.2, 0.25) is 0 Å². The lowest BCUT2D eigenvalue weighted by molar-refractivity contribution is -0.139. The van der Waals surface area contributed by atoms with Crippen molar-refractivity contribution in [3.63, 3.8) is 0 Å². The number of ether oxygens (including phenoxy) is 3. The average molecular weight is 373 g/mol. The van der Waals surface area contributed by atoms with Gasteiger partial charge < -0.3 is 24.2 Å². The molecule has 1 aromatic rings. The summed E-state index contributed by atoms with van der Waals surface area (Å²) in [7, 11) is 5.86. The van der Waals surface area contributed by atoms with Gasteiger partial charge in [0.2, 0.25) is 0 Å². The van der Waals surface area contributed by atoms with E-state index in [1.54, 1.807) is 24.4 Å². The van der Waals surface area contributed by atoms with Crippen molar-refractivity contribution in [2.75, 3.05) is 28.4 Å². The van der Waals surface area contributed by atoms with Crippen LogP contribution in [-0.4, -0.2) is 50.3 Å². The number of fused-ring (bicyclic) bond motifs is 1. The maximum absolute atomic E-state index is 12.4. The molecule has 0 radical (unpaired) electrons. The Hall–Kier alpha value is -2.96. The molecule has 2 aliphatic rings. The van der Waals surface area contributed by atoms with Crippen molar-refractivity contribution in [1.82, 2.24) is 4.90 Å². The van der Waals surface area contributed by atoms with E-state index in [1.807, 2.05) is 11.9 Å². The molecular formula is C20H23NO6. The molecule has 1 N–H and O–H groups in total. The SMILES string of the molecule is COC(=O)C1=Cc2cc(O)c(OC)cc2C(C2CC2)N(C)C=C1C(=O)OC. The summed E-state index contributed by atoms with van der Waals surface area (Å²) in [5, 5.41) is 10.2. The van der Waals surface area contributed by atoms with E-state index in [4.69, 9.17) is 14.2 Å². The molecule has 7 nitrogen and oxygen atoms in total. The molecule has 1 aliphatic carbocycles. The monoisotopic (exact) mass is 373 g/mol. The highest BCUT2D eigenvalue weighted by atomic mass is 16.5. The fourth-order valence-electron chi connectivity index (χ4n) is 3.50. The van der Waals surface area contributed by atoms with Gasteiger partial charge in [0.05, 0.1) is 38.5 Å². The van der Waals surface area contributed by atoms with Gasteiger partial charge in [-0.3, -0.25) is 0 Å². The van der Waals surface area contributed by atoms with Crippen LogP contribution in [0.3, 0.4) is 0 Å². The molecule has 0 spiro atoms. The lowest BCUT2D eigenvalue weighted by atomic mass is 9.90. The van der Waals surface area contributed by atoms with Crippen LogP contribution in [-0.2, 0) is 19.1 Å². The van der Waals surface area contributed by atoms with Gasteiger partial charge in [-0.15, -0.1) is 0 Å². The second-order valence-corrected chi connectivity index (χ2v) is 6.68. The topological polar surface area (TPSA) is 85.3 Å². The number of esters is 2. The van der Waals surface area contributed by atoms with E-state index in [2.05, 4.69) is 0 Å². The minimum Gasteiger partial charge on any atom is -0.504 e. The lowest BCUT2D eigenvalue weighted by Gasteiger charge is -2.31. The van der Waals surface area contributed by atoms with E-state index in [-0.39, 0.29) is 22.9 Å². The molecule has 1 atom stereocenters. The van der Waals surface area contributed by atoms with Gasteiger partial charge in [0.15, 0.2) is 11.5 Å². The molecule has 0 amide bonds. The van der Waals surface area contributed by atoms with Crippen LogP contribution >= 0.6 is 0 Å². The Morgan fingerprint density at radius 3 is 2.26 bits per heavy atom. The van der Waals surface area contributed by atoms with Crippen molar-refractivity contribution in [2.24, 2.45) is 5.92 Å². The number of carbonyl (C=O) groups excluding carboxylic acids is 2. The zero-order valence-corrected chi connectivity index (χ0v) is 15.8. The summed E-state index contributed by atoms with van der Waals surface area (Å²) in [4.78, 5) is 26.6. The highest BCUT2D eigenvalue weighted by Crippen LogP contribution is 2.48. The first-order valence-corrected chi connectivity index (χ1v) is 8.64. The second-order valence-electron chi connectivity index (χ2n) is 6.68. The summed E-state index contributed by atoms with van der Waals surface area (Å²) in [5.74, 6) is -0.566. The van der Waals surface area contributed by atoms with Crippen molar-refractivity contribution >= 4 is 18.0 Å². The predicted octanol–water partition coefficient (Wildman–Crippen LogP) is 2.41. The number of phenolic OH excluding ortho intramolecular Hbond substituents is 1. The molecule has 0 saturated heterocycles. The summed E-state index contributed by atoms with van der Waals surface area (Å²) in [6, 6.07) is 3.30. The molecule has 1 unspecified atom stereocenters. The first-order valence-electron chi connectivity index (χ1n) is 8.64. The summed E-state index contributed by atoms with van der Waals surface area (Å²) in [6.45, 7) is 0. The number of benzene rings is 1. The minimum absolute atomic E-state index is 0.0235. The van der Waals surface area contributed by atoms with Crippen LogP contribution in [0, 0.1) is 5.92 Å². The normalized spacial score (nSPS) is 19.1. The Morgan fingerprint density at radius 2 is 1.70 bits per heavy atom. The first-order chi connectivity index (χ1) is 12.9. The number of carbonyl (C=O) groups is 2. The molecule has 1 aromatic carbocycles. The van der Waals surface area contributed by atoms with E-state index in [1.165, 1.54) is 21.3 Å². The molecule has 27 heavy (non-hydrogen) atoms. The number of methoxy groups -OCH3 is 3. The number of rotatable bonds is 4. The van der Waals surface area contributed by atoms with Crippen LogP contribution in [0.15, 0.2) is 29.5 Å². The Kier molecular flexibility index (Phi) is 5.12. The minimum atomic E-state index is -0.661. The van der Waals surface area contributed by atoms with Crippen molar-refractivity contribution in [3.05, 3.63) is 40.6 Å². The van der Waals surface area contributed by atoms with Crippen LogP contribution in [0.4, 0.5) is 0 Å². The average Bonchev–Trinajstić information content (AvgIpc) is 3.48. The summed E-state index contributed by atoms with van der Waals surface area (Å²) >= 11 is 0. The largest absolute Gasteiger partial charge is 0.504 e. The summed E-state index contributed by atoms with van der Waals surface area (Å²) < 4.78 is 15.0. The fraction of sp³-hybridized carbons (Fsp3) is 0.400. The third kappa shape index (κ3) is 3.49. The molecule has 0 bridgehead atoms. The molecule has 144 valence electrons. The van der Waals surface area contributed by atoms with Gasteiger partial charge in [0.1, 0.15) is 0 Å². The molecule has 1 heterocycles. The second kappa shape index (κ2) is 7.34. The summed E-state index contributed by atoms with van der Waals surface area (Å²) in [6.07, 6.45) is 5.31. The number of hydrogen-bond acceptors (Lipinski definition) is 7. The Balaban J connectivity index is 2.28. The third-order valence-corrected chi connectivity index (χ3v) is 4.94. The van der Waals surface area contributed by atoms with Gasteiger partial charge in [-0.25, -0.2) is 9.59 Å². The van der Waals surface area contributed by atoms with Crippen LogP contribution in [0.5, 0.6) is 11.5 Å². The van der Waals surface area contributed by atoms with E-state index in [0.717, 1.165) is 18.4 Å². The fourth-order valence-corrected chi connectivity index (χ4v) is 3.50. The van der Waals surface area contributed by atoms with Gasteiger partial charge in [-0.2, -0.15) is 0 Å². The van der Waals surface area contributed by atoms with Crippen molar-refractivity contribution in [1.29, 1.82) is 0 Å². The number of aromatic hydroxyl groups is 1. The highest BCUT2D eigenvalue weighted by molar-refractivity contribution is 6.10. The Morgan fingerprint density at radius 1 is 1.07 bits per heavy atom. The molecule has 1 aliphatic heterocycles. The van der Waals surface area contributed by atoms with Gasteiger partial charge >= 0.3 is 11.9 Å². The standard InChI is InChI=1S/C20H23NO6/c1-21-10-15(20(24)27-4)14(19(23)26-3)7-12-8-16(22)17(25-2)9-13(12)18(21)11-5-6-11/h7-11,18,22H,5-6H2,1-4H3. The summed E-state index contributed by atoms with van der Waals surface area (Å²) in [5.41, 5.74) is 1.72. The maximum Gasteiger partial charge on any atom is 0.340 e. The van der Waals surface area contributed by atoms with Crippen molar-refractivity contribution in [3.8, 4) is 11.5 Å². The first kappa shape index (κ1) is 18.8. The molecule has 1 fully saturated rings. The van der Waals surface area contributed by atoms with Gasteiger partial charge in [-0.1, -0.05) is 0 Å². The van der Waals surface area contributed by atoms with E-state index in [0.29, 0.717) is 17.2 Å². The zero-order chi connectivity index (χ0) is 19.7. The van der Waals surface area contributed by atoms with Gasteiger partial charge in [0, 0.05) is 13.2 Å².